The number of hydrogen-bond donors (Lipinski definition) is 0. The molecule has 0 aromatic rings. The summed E-state index contributed by atoms with van der Waals surface area (Å²) in [5.74, 6) is 0.673. The number of carbonyl (C=O) groups is 1. The van der Waals surface area contributed by atoms with E-state index in [0.29, 0.717) is 11.3 Å². The number of rotatable bonds is 1. The van der Waals surface area contributed by atoms with E-state index in [1.54, 1.807) is 0 Å². The molecule has 0 N–H and O–H groups in total. The van der Waals surface area contributed by atoms with Crippen LogP contribution in [-0.4, -0.2) is 13.1 Å². The van der Waals surface area contributed by atoms with Gasteiger partial charge in [-0.1, -0.05) is 27.7 Å². The van der Waals surface area contributed by atoms with Crippen molar-refractivity contribution in [2.24, 2.45) is 22.2 Å². The molecule has 0 amide bonds. The fourth-order valence-electron chi connectivity index (χ4n) is 5.39. The van der Waals surface area contributed by atoms with Gasteiger partial charge in [-0.15, -0.1) is 0 Å². The van der Waals surface area contributed by atoms with E-state index in [4.69, 9.17) is 4.74 Å². The molecular weight excluding hydrogens is 212 g/mol. The summed E-state index contributed by atoms with van der Waals surface area (Å²) in [5.41, 5.74) is 0.387. The molecule has 0 heterocycles. The highest BCUT2D eigenvalue weighted by atomic mass is 16.5. The molecule has 98 valence electrons. The maximum atomic E-state index is 12.3. The average molecular weight is 238 g/mol. The van der Waals surface area contributed by atoms with Crippen LogP contribution in [0.25, 0.3) is 0 Å². The van der Waals surface area contributed by atoms with E-state index >= 15 is 0 Å². The van der Waals surface area contributed by atoms with Gasteiger partial charge in [0.15, 0.2) is 0 Å². The Bertz CT molecular complexity index is 330. The van der Waals surface area contributed by atoms with Gasteiger partial charge in [0.2, 0.25) is 0 Å². The lowest BCUT2D eigenvalue weighted by Crippen LogP contribution is -2.51. The van der Waals surface area contributed by atoms with Crippen LogP contribution in [0, 0.1) is 22.2 Å². The van der Waals surface area contributed by atoms with Crippen molar-refractivity contribution in [3.8, 4) is 0 Å². The first-order chi connectivity index (χ1) is 7.70. The Labute approximate surface area is 105 Å². The minimum absolute atomic E-state index is 0.0306. The highest BCUT2D eigenvalue weighted by Gasteiger charge is 2.57. The van der Waals surface area contributed by atoms with Crippen LogP contribution in [0.1, 0.15) is 59.8 Å². The fraction of sp³-hybridized carbons (Fsp3) is 0.933. The van der Waals surface area contributed by atoms with Crippen molar-refractivity contribution in [3.05, 3.63) is 0 Å². The Morgan fingerprint density at radius 1 is 1.12 bits per heavy atom. The van der Waals surface area contributed by atoms with Gasteiger partial charge in [0.25, 0.3) is 0 Å². The lowest BCUT2D eigenvalue weighted by Gasteiger charge is -2.56. The number of methoxy groups -OCH3 is 1. The molecule has 3 atom stereocenters. The van der Waals surface area contributed by atoms with E-state index < -0.39 is 0 Å². The van der Waals surface area contributed by atoms with E-state index in [1.165, 1.54) is 20.0 Å². The molecule has 0 aromatic carbocycles. The maximum absolute atomic E-state index is 12.3. The van der Waals surface area contributed by atoms with Crippen LogP contribution < -0.4 is 0 Å². The van der Waals surface area contributed by atoms with Crippen LogP contribution in [-0.2, 0) is 9.53 Å². The van der Waals surface area contributed by atoms with Gasteiger partial charge in [0, 0.05) is 0 Å². The van der Waals surface area contributed by atoms with E-state index in [2.05, 4.69) is 27.7 Å². The van der Waals surface area contributed by atoms with E-state index in [9.17, 15) is 4.79 Å². The van der Waals surface area contributed by atoms with Gasteiger partial charge in [-0.05, 0) is 48.9 Å². The first-order valence-corrected chi connectivity index (χ1v) is 6.79. The molecule has 2 rings (SSSR count). The Kier molecular flexibility index (Phi) is 2.83. The second kappa shape index (κ2) is 3.73. The predicted molar refractivity (Wildman–Crippen MR) is 68.6 cm³/mol. The number of esters is 1. The fourth-order valence-corrected chi connectivity index (χ4v) is 5.39. The molecule has 2 nitrogen and oxygen atoms in total. The molecular formula is C15H26O2. The summed E-state index contributed by atoms with van der Waals surface area (Å²) in [6.45, 7) is 9.25. The van der Waals surface area contributed by atoms with E-state index in [-0.39, 0.29) is 16.8 Å². The number of hydrogen-bond acceptors (Lipinski definition) is 2. The predicted octanol–water partition coefficient (Wildman–Crippen LogP) is 3.79. The highest BCUT2D eigenvalue weighted by Crippen LogP contribution is 2.62. The Balaban J connectivity index is 2.38. The van der Waals surface area contributed by atoms with Gasteiger partial charge in [-0.3, -0.25) is 4.79 Å². The van der Waals surface area contributed by atoms with Crippen molar-refractivity contribution in [1.82, 2.24) is 0 Å². The van der Waals surface area contributed by atoms with Gasteiger partial charge in [0.1, 0.15) is 0 Å². The third kappa shape index (κ3) is 2.23. The first kappa shape index (κ1) is 12.9. The molecule has 3 unspecified atom stereocenters. The van der Waals surface area contributed by atoms with Gasteiger partial charge < -0.3 is 4.74 Å². The molecule has 0 saturated heterocycles. The van der Waals surface area contributed by atoms with Crippen molar-refractivity contribution in [2.45, 2.75) is 59.8 Å². The zero-order chi connectivity index (χ0) is 12.9. The Hall–Kier alpha value is -0.530. The largest absolute Gasteiger partial charge is 0.469 e. The van der Waals surface area contributed by atoms with Crippen molar-refractivity contribution < 1.29 is 9.53 Å². The maximum Gasteiger partial charge on any atom is 0.311 e. The van der Waals surface area contributed by atoms with Crippen molar-refractivity contribution in [3.63, 3.8) is 0 Å². The lowest BCUT2D eigenvalue weighted by atomic mass is 9.47. The summed E-state index contributed by atoms with van der Waals surface area (Å²) in [5, 5.41) is 0. The molecule has 0 aliphatic heterocycles. The summed E-state index contributed by atoms with van der Waals surface area (Å²) in [6.07, 6.45) is 5.53. The molecule has 0 spiro atoms. The number of ether oxygens (including phenoxy) is 1. The monoisotopic (exact) mass is 238 g/mol. The van der Waals surface area contributed by atoms with Crippen LogP contribution in [0.3, 0.4) is 0 Å². The van der Waals surface area contributed by atoms with Gasteiger partial charge in [-0.2, -0.15) is 0 Å². The van der Waals surface area contributed by atoms with E-state index in [0.717, 1.165) is 19.3 Å². The highest BCUT2D eigenvalue weighted by molar-refractivity contribution is 5.77. The average Bonchev–Trinajstić information content (AvgIpc) is 2.10. The van der Waals surface area contributed by atoms with Crippen LogP contribution in [0.4, 0.5) is 0 Å². The second-order valence-corrected chi connectivity index (χ2v) is 7.79. The topological polar surface area (TPSA) is 26.3 Å². The molecule has 2 aliphatic rings. The van der Waals surface area contributed by atoms with Crippen LogP contribution in [0.15, 0.2) is 0 Å². The third-order valence-electron chi connectivity index (χ3n) is 4.69. The van der Waals surface area contributed by atoms with Crippen LogP contribution >= 0.6 is 0 Å². The molecule has 17 heavy (non-hydrogen) atoms. The Morgan fingerprint density at radius 2 is 1.76 bits per heavy atom. The van der Waals surface area contributed by atoms with Crippen molar-refractivity contribution in [2.75, 3.05) is 7.11 Å². The molecule has 2 aliphatic carbocycles. The molecule has 2 fully saturated rings. The Morgan fingerprint density at radius 3 is 2.35 bits per heavy atom. The molecule has 0 aromatic heterocycles. The summed E-state index contributed by atoms with van der Waals surface area (Å²) < 4.78 is 5.11. The summed E-state index contributed by atoms with van der Waals surface area (Å²) >= 11 is 0. The molecule has 2 heteroatoms. The van der Waals surface area contributed by atoms with Crippen molar-refractivity contribution >= 4 is 5.97 Å². The number of carbonyl (C=O) groups excluding carboxylic acids is 1. The third-order valence-corrected chi connectivity index (χ3v) is 4.69. The smallest absolute Gasteiger partial charge is 0.311 e. The SMILES string of the molecule is COC(=O)C12CC(C)CC(C)(CC(C)(C)C1)C2. The van der Waals surface area contributed by atoms with E-state index in [1.807, 2.05) is 0 Å². The van der Waals surface area contributed by atoms with Crippen LogP contribution in [0.5, 0.6) is 0 Å². The molecule has 2 bridgehead atoms. The van der Waals surface area contributed by atoms with Gasteiger partial charge >= 0.3 is 5.97 Å². The second-order valence-electron chi connectivity index (χ2n) is 7.79. The lowest BCUT2D eigenvalue weighted by molar-refractivity contribution is -0.171. The zero-order valence-electron chi connectivity index (χ0n) is 11.9. The molecule has 2 saturated carbocycles. The quantitative estimate of drug-likeness (QED) is 0.650. The minimum Gasteiger partial charge on any atom is -0.469 e. The van der Waals surface area contributed by atoms with Crippen LogP contribution in [0.2, 0.25) is 0 Å². The molecule has 0 radical (unpaired) electrons. The van der Waals surface area contributed by atoms with Gasteiger partial charge in [0.05, 0.1) is 12.5 Å². The minimum atomic E-state index is -0.205. The summed E-state index contributed by atoms with van der Waals surface area (Å²) in [6, 6.07) is 0. The normalized spacial score (nSPS) is 44.2. The van der Waals surface area contributed by atoms with Gasteiger partial charge in [-0.25, -0.2) is 0 Å². The zero-order valence-corrected chi connectivity index (χ0v) is 11.9. The standard InChI is InChI=1S/C15H26O2/c1-11-6-14(4)8-13(2,3)9-15(7-11,10-14)12(16)17-5/h11H,6-10H2,1-5H3. The summed E-state index contributed by atoms with van der Waals surface area (Å²) in [7, 11) is 1.54. The summed E-state index contributed by atoms with van der Waals surface area (Å²) in [4.78, 5) is 12.3. The first-order valence-electron chi connectivity index (χ1n) is 6.79. The van der Waals surface area contributed by atoms with Crippen molar-refractivity contribution in [1.29, 1.82) is 0 Å². The number of fused-ring (bicyclic) bond motifs is 2.